The summed E-state index contributed by atoms with van der Waals surface area (Å²) < 4.78 is 0. The van der Waals surface area contributed by atoms with Gasteiger partial charge in [0.05, 0.1) is 0 Å². The van der Waals surface area contributed by atoms with Crippen LogP contribution in [0.5, 0.6) is 0 Å². The first-order valence-corrected chi connectivity index (χ1v) is 8.14. The van der Waals surface area contributed by atoms with Crippen LogP contribution in [0.15, 0.2) is 41.9 Å². The lowest BCUT2D eigenvalue weighted by Gasteiger charge is -2.17. The zero-order valence-electron chi connectivity index (χ0n) is 10.6. The van der Waals surface area contributed by atoms with Gasteiger partial charge >= 0.3 is 0 Å². The summed E-state index contributed by atoms with van der Waals surface area (Å²) in [5.41, 5.74) is 1.18. The molecule has 0 aliphatic rings. The van der Waals surface area contributed by atoms with Gasteiger partial charge in [0.25, 0.3) is 0 Å². The Morgan fingerprint density at radius 2 is 2.17 bits per heavy atom. The molecule has 2 unspecified atom stereocenters. The molecule has 0 aliphatic heterocycles. The smallest absolute Gasteiger partial charge is 0.0442 e. The average Bonchev–Trinajstić information content (AvgIpc) is 2.92. The van der Waals surface area contributed by atoms with E-state index in [9.17, 15) is 0 Å². The van der Waals surface area contributed by atoms with Crippen molar-refractivity contribution >= 4 is 27.3 Å². The van der Waals surface area contributed by atoms with E-state index < -0.39 is 0 Å². The minimum atomic E-state index is 0.467. The van der Waals surface area contributed by atoms with Crippen molar-refractivity contribution in [3.05, 3.63) is 52.5 Å². The molecule has 96 valence electrons. The van der Waals surface area contributed by atoms with E-state index in [2.05, 4.69) is 57.5 Å². The standard InChI is InChI=1S/C15H18BrNS/c1-12(15-9-2-3-10-17-15)14(16)8-4-6-13-7-5-11-18-13/h2-3,5,7,9-12,14H,4,6,8H2,1H3. The maximum Gasteiger partial charge on any atom is 0.0442 e. The molecule has 0 saturated carbocycles. The maximum absolute atomic E-state index is 4.43. The van der Waals surface area contributed by atoms with Gasteiger partial charge in [-0.15, -0.1) is 11.3 Å². The average molecular weight is 324 g/mol. The Hall–Kier alpha value is -0.670. The molecule has 0 N–H and O–H groups in total. The first kappa shape index (κ1) is 13.8. The summed E-state index contributed by atoms with van der Waals surface area (Å²) in [6, 6.07) is 10.5. The summed E-state index contributed by atoms with van der Waals surface area (Å²) in [6.45, 7) is 2.24. The number of nitrogens with zero attached hydrogens (tertiary/aromatic N) is 1. The lowest BCUT2D eigenvalue weighted by atomic mass is 9.99. The van der Waals surface area contributed by atoms with Gasteiger partial charge in [-0.2, -0.15) is 0 Å². The fourth-order valence-electron chi connectivity index (χ4n) is 2.01. The summed E-state index contributed by atoms with van der Waals surface area (Å²) in [5, 5.41) is 2.15. The molecule has 0 saturated heterocycles. The molecule has 18 heavy (non-hydrogen) atoms. The second-order valence-electron chi connectivity index (χ2n) is 4.53. The Morgan fingerprint density at radius 1 is 1.28 bits per heavy atom. The predicted molar refractivity (Wildman–Crippen MR) is 82.6 cm³/mol. The first-order chi connectivity index (χ1) is 8.77. The van der Waals surface area contributed by atoms with Gasteiger partial charge in [0.2, 0.25) is 0 Å². The summed E-state index contributed by atoms with van der Waals surface area (Å²) in [5.74, 6) is 0.467. The molecule has 0 fully saturated rings. The topological polar surface area (TPSA) is 12.9 Å². The van der Waals surface area contributed by atoms with Crippen molar-refractivity contribution < 1.29 is 0 Å². The third-order valence-corrected chi connectivity index (χ3v) is 5.37. The van der Waals surface area contributed by atoms with Crippen LogP contribution in [0.1, 0.15) is 36.3 Å². The van der Waals surface area contributed by atoms with Crippen molar-refractivity contribution in [2.45, 2.75) is 36.9 Å². The van der Waals surface area contributed by atoms with Gasteiger partial charge in [0.15, 0.2) is 0 Å². The minimum absolute atomic E-state index is 0.467. The quantitative estimate of drug-likeness (QED) is 0.679. The van der Waals surface area contributed by atoms with Crippen LogP contribution in [0.3, 0.4) is 0 Å². The maximum atomic E-state index is 4.43. The van der Waals surface area contributed by atoms with Gasteiger partial charge in [-0.3, -0.25) is 4.98 Å². The Kier molecular flexibility index (Phi) is 5.39. The third-order valence-electron chi connectivity index (χ3n) is 3.18. The Morgan fingerprint density at radius 3 is 2.83 bits per heavy atom. The fraction of sp³-hybridized carbons (Fsp3) is 0.400. The van der Waals surface area contributed by atoms with Crippen LogP contribution in [0.4, 0.5) is 0 Å². The van der Waals surface area contributed by atoms with Crippen LogP contribution < -0.4 is 0 Å². The molecule has 0 aliphatic carbocycles. The van der Waals surface area contributed by atoms with Crippen molar-refractivity contribution in [3.8, 4) is 0 Å². The zero-order valence-corrected chi connectivity index (χ0v) is 13.0. The van der Waals surface area contributed by atoms with Crippen LogP contribution in [0, 0.1) is 0 Å². The molecule has 2 aromatic rings. The monoisotopic (exact) mass is 323 g/mol. The molecule has 0 aromatic carbocycles. The molecule has 2 atom stereocenters. The molecule has 2 aromatic heterocycles. The van der Waals surface area contributed by atoms with E-state index in [0.717, 1.165) is 0 Å². The number of alkyl halides is 1. The molecule has 0 bridgehead atoms. The molecule has 0 radical (unpaired) electrons. The molecular formula is C15H18BrNS. The molecule has 0 spiro atoms. The number of rotatable bonds is 6. The largest absolute Gasteiger partial charge is 0.261 e. The van der Waals surface area contributed by atoms with E-state index in [1.165, 1.54) is 29.8 Å². The third kappa shape index (κ3) is 3.92. The SMILES string of the molecule is CC(c1ccccn1)C(Br)CCCc1cccs1. The molecule has 3 heteroatoms. The van der Waals surface area contributed by atoms with E-state index in [1.807, 2.05) is 23.6 Å². The van der Waals surface area contributed by atoms with Crippen LogP contribution in [-0.4, -0.2) is 9.81 Å². The Labute approximate surface area is 121 Å². The van der Waals surface area contributed by atoms with E-state index >= 15 is 0 Å². The number of pyridine rings is 1. The summed E-state index contributed by atoms with van der Waals surface area (Å²) in [4.78, 5) is 6.42. The predicted octanol–water partition coefficient (Wildman–Crippen LogP) is 5.03. The van der Waals surface area contributed by atoms with Gasteiger partial charge in [-0.1, -0.05) is 35.0 Å². The first-order valence-electron chi connectivity index (χ1n) is 6.35. The number of thiophene rings is 1. The number of aryl methyl sites for hydroxylation is 1. The van der Waals surface area contributed by atoms with E-state index in [0.29, 0.717) is 10.7 Å². The van der Waals surface area contributed by atoms with Gasteiger partial charge in [-0.25, -0.2) is 0 Å². The van der Waals surface area contributed by atoms with E-state index in [1.54, 1.807) is 0 Å². The highest BCUT2D eigenvalue weighted by molar-refractivity contribution is 9.09. The van der Waals surface area contributed by atoms with E-state index in [-0.39, 0.29) is 0 Å². The Balaban J connectivity index is 1.79. The van der Waals surface area contributed by atoms with Gasteiger partial charge < -0.3 is 0 Å². The highest BCUT2D eigenvalue weighted by atomic mass is 79.9. The zero-order chi connectivity index (χ0) is 12.8. The van der Waals surface area contributed by atoms with Crippen molar-refractivity contribution in [2.75, 3.05) is 0 Å². The molecule has 2 heterocycles. The molecule has 1 nitrogen and oxygen atoms in total. The highest BCUT2D eigenvalue weighted by Gasteiger charge is 2.16. The van der Waals surface area contributed by atoms with Crippen LogP contribution in [0.25, 0.3) is 0 Å². The number of aromatic nitrogens is 1. The summed E-state index contributed by atoms with van der Waals surface area (Å²) >= 11 is 5.66. The Bertz CT molecular complexity index is 441. The summed E-state index contributed by atoms with van der Waals surface area (Å²) in [7, 11) is 0. The van der Waals surface area contributed by atoms with Gasteiger partial charge in [0, 0.05) is 27.5 Å². The van der Waals surface area contributed by atoms with Crippen LogP contribution >= 0.6 is 27.3 Å². The number of hydrogen-bond donors (Lipinski definition) is 0. The fourth-order valence-corrected chi connectivity index (χ4v) is 3.35. The number of halogens is 1. The number of hydrogen-bond acceptors (Lipinski definition) is 2. The second-order valence-corrected chi connectivity index (χ2v) is 6.74. The van der Waals surface area contributed by atoms with Gasteiger partial charge in [-0.05, 0) is 42.8 Å². The van der Waals surface area contributed by atoms with Crippen molar-refractivity contribution in [3.63, 3.8) is 0 Å². The van der Waals surface area contributed by atoms with Crippen molar-refractivity contribution in [1.29, 1.82) is 0 Å². The molecule has 2 rings (SSSR count). The molecular weight excluding hydrogens is 306 g/mol. The molecule has 0 amide bonds. The van der Waals surface area contributed by atoms with Gasteiger partial charge in [0.1, 0.15) is 0 Å². The van der Waals surface area contributed by atoms with Crippen LogP contribution in [0.2, 0.25) is 0 Å². The van der Waals surface area contributed by atoms with E-state index in [4.69, 9.17) is 0 Å². The highest BCUT2D eigenvalue weighted by Crippen LogP contribution is 2.27. The second kappa shape index (κ2) is 7.05. The van der Waals surface area contributed by atoms with Crippen molar-refractivity contribution in [1.82, 2.24) is 4.98 Å². The normalized spacial score (nSPS) is 14.3. The minimum Gasteiger partial charge on any atom is -0.261 e. The van der Waals surface area contributed by atoms with Crippen molar-refractivity contribution in [2.24, 2.45) is 0 Å². The lowest BCUT2D eigenvalue weighted by molar-refractivity contribution is 0.619. The lowest BCUT2D eigenvalue weighted by Crippen LogP contribution is -2.10. The summed E-state index contributed by atoms with van der Waals surface area (Å²) in [6.07, 6.45) is 5.48. The van der Waals surface area contributed by atoms with Crippen LogP contribution in [-0.2, 0) is 6.42 Å².